The normalized spacial score (nSPS) is 23.3. The second-order valence-corrected chi connectivity index (χ2v) is 8.30. The predicted molar refractivity (Wildman–Crippen MR) is 97.4 cm³/mol. The Morgan fingerprint density at radius 3 is 2.35 bits per heavy atom. The van der Waals surface area contributed by atoms with E-state index in [0.717, 1.165) is 19.6 Å². The second kappa shape index (κ2) is 7.00. The fourth-order valence-electron chi connectivity index (χ4n) is 3.82. The van der Waals surface area contributed by atoms with E-state index in [1.165, 1.54) is 10.5 Å². The number of ether oxygens (including phenoxy) is 1. The Morgan fingerprint density at radius 1 is 1.19 bits per heavy atom. The van der Waals surface area contributed by atoms with Crippen molar-refractivity contribution in [3.63, 3.8) is 0 Å². The van der Waals surface area contributed by atoms with Gasteiger partial charge in [0.05, 0.1) is 6.61 Å². The summed E-state index contributed by atoms with van der Waals surface area (Å²) < 4.78 is 5.98. The summed E-state index contributed by atoms with van der Waals surface area (Å²) in [6.07, 6.45) is 1.26. The molecule has 0 radical (unpaired) electrons. The Labute approximate surface area is 154 Å². The number of carbonyl (C=O) groups excluding carboxylic acids is 1. The minimum absolute atomic E-state index is 0.0653. The van der Waals surface area contributed by atoms with Gasteiger partial charge < -0.3 is 9.84 Å². The van der Waals surface area contributed by atoms with Crippen molar-refractivity contribution < 1.29 is 19.4 Å². The number of nitrogens with zero attached hydrogens (tertiary/aromatic N) is 2. The molecule has 1 spiro atoms. The molecule has 1 atom stereocenters. The van der Waals surface area contributed by atoms with Crippen LogP contribution in [-0.4, -0.2) is 58.2 Å². The highest BCUT2D eigenvalue weighted by Gasteiger charge is 2.55. The molecule has 6 nitrogen and oxygen atoms in total. The third-order valence-electron chi connectivity index (χ3n) is 5.29. The third-order valence-corrected chi connectivity index (χ3v) is 5.29. The monoisotopic (exact) mass is 360 g/mol. The smallest absolute Gasteiger partial charge is 0.328 e. The lowest BCUT2D eigenvalue weighted by Crippen LogP contribution is -2.60. The molecule has 0 bridgehead atoms. The Morgan fingerprint density at radius 2 is 1.81 bits per heavy atom. The van der Waals surface area contributed by atoms with Gasteiger partial charge in [0.25, 0.3) is 0 Å². The summed E-state index contributed by atoms with van der Waals surface area (Å²) in [5, 5.41) is 9.57. The molecule has 1 unspecified atom stereocenters. The van der Waals surface area contributed by atoms with Gasteiger partial charge in [-0.25, -0.2) is 4.79 Å². The van der Waals surface area contributed by atoms with E-state index in [2.05, 4.69) is 17.0 Å². The molecule has 1 aromatic rings. The standard InChI is InChI=1S/C20H28N2O4/c1-19(2,3)18(25)22-16(17(23)24)14-26-20(22)9-11-21(12-10-20)13-15-7-5-4-6-8-15/h4-8,16H,9-14H2,1-3H3,(H,23,24). The first-order chi connectivity index (χ1) is 12.2. The van der Waals surface area contributed by atoms with Crippen molar-refractivity contribution in [1.82, 2.24) is 9.80 Å². The average molecular weight is 360 g/mol. The van der Waals surface area contributed by atoms with Gasteiger partial charge in [-0.3, -0.25) is 14.6 Å². The van der Waals surface area contributed by atoms with Crippen LogP contribution in [-0.2, 0) is 20.9 Å². The molecule has 2 aliphatic heterocycles. The Bertz CT molecular complexity index is 660. The molecular weight excluding hydrogens is 332 g/mol. The van der Waals surface area contributed by atoms with Crippen LogP contribution in [0.2, 0.25) is 0 Å². The van der Waals surface area contributed by atoms with Crippen LogP contribution >= 0.6 is 0 Å². The molecule has 2 saturated heterocycles. The first-order valence-corrected chi connectivity index (χ1v) is 9.20. The maximum Gasteiger partial charge on any atom is 0.328 e. The molecule has 2 heterocycles. The van der Waals surface area contributed by atoms with Crippen LogP contribution in [0.25, 0.3) is 0 Å². The van der Waals surface area contributed by atoms with Gasteiger partial charge in [0.1, 0.15) is 5.72 Å². The van der Waals surface area contributed by atoms with E-state index in [1.54, 1.807) is 0 Å². The largest absolute Gasteiger partial charge is 0.480 e. The number of amides is 1. The maximum atomic E-state index is 13.0. The summed E-state index contributed by atoms with van der Waals surface area (Å²) in [6.45, 7) is 7.94. The molecule has 3 rings (SSSR count). The summed E-state index contributed by atoms with van der Waals surface area (Å²) in [5.74, 6) is -1.15. The lowest BCUT2D eigenvalue weighted by atomic mass is 9.90. The summed E-state index contributed by atoms with van der Waals surface area (Å²) >= 11 is 0. The number of carboxylic acids is 1. The summed E-state index contributed by atoms with van der Waals surface area (Å²) in [7, 11) is 0. The zero-order chi connectivity index (χ0) is 18.9. The second-order valence-electron chi connectivity index (χ2n) is 8.30. The molecule has 0 saturated carbocycles. The van der Waals surface area contributed by atoms with Crippen LogP contribution < -0.4 is 0 Å². The quantitative estimate of drug-likeness (QED) is 0.896. The van der Waals surface area contributed by atoms with Crippen LogP contribution in [0.5, 0.6) is 0 Å². The van der Waals surface area contributed by atoms with Crippen LogP contribution in [0.3, 0.4) is 0 Å². The van der Waals surface area contributed by atoms with Crippen LogP contribution in [0.1, 0.15) is 39.2 Å². The highest BCUT2D eigenvalue weighted by atomic mass is 16.5. The van der Waals surface area contributed by atoms with Gasteiger partial charge in [-0.15, -0.1) is 0 Å². The Kier molecular flexibility index (Phi) is 5.08. The van der Waals surface area contributed by atoms with Crippen molar-refractivity contribution >= 4 is 11.9 Å². The number of likely N-dealkylation sites (tertiary alicyclic amines) is 1. The van der Waals surface area contributed by atoms with Gasteiger partial charge in [-0.2, -0.15) is 0 Å². The van der Waals surface area contributed by atoms with Crippen molar-refractivity contribution in [2.45, 2.75) is 51.9 Å². The molecule has 0 aromatic heterocycles. The third kappa shape index (κ3) is 3.62. The van der Waals surface area contributed by atoms with E-state index >= 15 is 0 Å². The van der Waals surface area contributed by atoms with Crippen molar-refractivity contribution in [2.24, 2.45) is 5.41 Å². The van der Waals surface area contributed by atoms with Gasteiger partial charge in [0, 0.05) is 37.9 Å². The molecular formula is C20H28N2O4. The first-order valence-electron chi connectivity index (χ1n) is 9.20. The Hall–Kier alpha value is -1.92. The van der Waals surface area contributed by atoms with E-state index in [4.69, 9.17) is 4.74 Å². The van der Waals surface area contributed by atoms with Gasteiger partial charge in [0.2, 0.25) is 5.91 Å². The van der Waals surface area contributed by atoms with E-state index < -0.39 is 23.2 Å². The van der Waals surface area contributed by atoms with Gasteiger partial charge in [-0.1, -0.05) is 51.1 Å². The molecule has 6 heteroatoms. The number of carboxylic acid groups (broad SMARTS) is 1. The predicted octanol–water partition coefficient (Wildman–Crippen LogP) is 2.34. The molecule has 2 fully saturated rings. The topological polar surface area (TPSA) is 70.1 Å². The Balaban J connectivity index is 1.74. The van der Waals surface area contributed by atoms with E-state index in [9.17, 15) is 14.7 Å². The minimum atomic E-state index is -0.994. The zero-order valence-corrected chi connectivity index (χ0v) is 15.8. The van der Waals surface area contributed by atoms with Crippen molar-refractivity contribution in [1.29, 1.82) is 0 Å². The maximum absolute atomic E-state index is 13.0. The fourth-order valence-corrected chi connectivity index (χ4v) is 3.82. The van der Waals surface area contributed by atoms with Crippen LogP contribution in [0.15, 0.2) is 30.3 Å². The van der Waals surface area contributed by atoms with Gasteiger partial charge in [-0.05, 0) is 5.56 Å². The molecule has 1 N–H and O–H groups in total. The van der Waals surface area contributed by atoms with Crippen LogP contribution in [0.4, 0.5) is 0 Å². The van der Waals surface area contributed by atoms with E-state index in [-0.39, 0.29) is 12.5 Å². The number of benzene rings is 1. The molecule has 1 amide bonds. The van der Waals surface area contributed by atoms with Crippen LogP contribution in [0, 0.1) is 5.41 Å². The molecule has 1 aromatic carbocycles. The molecule has 0 aliphatic carbocycles. The van der Waals surface area contributed by atoms with E-state index in [0.29, 0.717) is 12.8 Å². The highest BCUT2D eigenvalue weighted by molar-refractivity contribution is 5.88. The zero-order valence-electron chi connectivity index (χ0n) is 15.8. The number of aliphatic carboxylic acids is 1. The molecule has 2 aliphatic rings. The molecule has 142 valence electrons. The number of hydrogen-bond donors (Lipinski definition) is 1. The number of rotatable bonds is 3. The summed E-state index contributed by atoms with van der Waals surface area (Å²) in [4.78, 5) is 28.5. The van der Waals surface area contributed by atoms with E-state index in [1.807, 2.05) is 39.0 Å². The number of carbonyl (C=O) groups is 2. The number of piperidine rings is 1. The van der Waals surface area contributed by atoms with Crippen molar-refractivity contribution in [3.8, 4) is 0 Å². The summed E-state index contributed by atoms with van der Waals surface area (Å²) in [6, 6.07) is 9.37. The minimum Gasteiger partial charge on any atom is -0.480 e. The number of hydrogen-bond acceptors (Lipinski definition) is 4. The van der Waals surface area contributed by atoms with Crippen molar-refractivity contribution in [3.05, 3.63) is 35.9 Å². The van der Waals surface area contributed by atoms with Gasteiger partial charge >= 0.3 is 5.97 Å². The average Bonchev–Trinajstić information content (AvgIpc) is 2.95. The SMILES string of the molecule is CC(C)(C)C(=O)N1C(C(=O)O)COC12CCN(Cc1ccccc1)CC2. The van der Waals surface area contributed by atoms with Crippen molar-refractivity contribution in [2.75, 3.05) is 19.7 Å². The fraction of sp³-hybridized carbons (Fsp3) is 0.600. The lowest BCUT2D eigenvalue weighted by molar-refractivity contribution is -0.172. The first kappa shape index (κ1) is 18.9. The lowest BCUT2D eigenvalue weighted by Gasteiger charge is -2.46. The van der Waals surface area contributed by atoms with Gasteiger partial charge in [0.15, 0.2) is 6.04 Å². The molecule has 26 heavy (non-hydrogen) atoms. The highest BCUT2D eigenvalue weighted by Crippen LogP contribution is 2.40. The summed E-state index contributed by atoms with van der Waals surface area (Å²) in [5.41, 5.74) is -0.183.